The summed E-state index contributed by atoms with van der Waals surface area (Å²) in [6.45, 7) is 2.45. The van der Waals surface area contributed by atoms with Crippen LogP contribution in [0.3, 0.4) is 0 Å². The Hall–Kier alpha value is -7.02. The van der Waals surface area contributed by atoms with Gasteiger partial charge in [-0.25, -0.2) is 28.0 Å². The first-order valence-corrected chi connectivity index (χ1v) is 23.0. The number of methoxy groups -OCH3 is 2. The van der Waals surface area contributed by atoms with E-state index < -0.39 is 120 Å². The number of benzene rings is 4. The molecule has 2 aliphatic rings. The number of alkyl halides is 12. The number of hydrogen-bond acceptors (Lipinski definition) is 6. The number of halogens is 14. The molecular weight excluding hydrogens is 1050 g/mol. The molecule has 2 heterocycles. The number of rotatable bonds is 8. The highest BCUT2D eigenvalue weighted by atomic mass is 19.4. The van der Waals surface area contributed by atoms with Crippen molar-refractivity contribution in [1.29, 1.82) is 0 Å². The van der Waals surface area contributed by atoms with E-state index in [0.29, 0.717) is 59.4 Å². The van der Waals surface area contributed by atoms with Crippen LogP contribution in [-0.2, 0) is 47.3 Å². The van der Waals surface area contributed by atoms with Crippen LogP contribution in [0.4, 0.5) is 80.6 Å². The van der Waals surface area contributed by atoms with Gasteiger partial charge in [0.25, 0.3) is 0 Å². The Balaban J connectivity index is 0.000000281. The summed E-state index contributed by atoms with van der Waals surface area (Å²) < 4.78 is 196. The number of alkyl carbamates (subject to hydrolysis) is 2. The molecule has 26 heteroatoms. The second-order valence-electron chi connectivity index (χ2n) is 18.2. The van der Waals surface area contributed by atoms with Crippen molar-refractivity contribution in [3.05, 3.63) is 140 Å². The lowest BCUT2D eigenvalue weighted by molar-refractivity contribution is -0.144. The van der Waals surface area contributed by atoms with Gasteiger partial charge in [0.15, 0.2) is 0 Å². The minimum absolute atomic E-state index is 0.0255. The lowest BCUT2D eigenvalue weighted by atomic mass is 9.89. The number of aryl methyl sites for hydroxylation is 2. The fourth-order valence-electron chi connectivity index (χ4n) is 9.06. The van der Waals surface area contributed by atoms with Crippen molar-refractivity contribution in [2.75, 3.05) is 41.4 Å². The number of carbonyl (C=O) groups is 4. The lowest BCUT2D eigenvalue weighted by Gasteiger charge is -2.42. The summed E-state index contributed by atoms with van der Waals surface area (Å²) in [5, 5.41) is 5.34. The van der Waals surface area contributed by atoms with Gasteiger partial charge in [-0.15, -0.1) is 0 Å². The molecule has 6 rings (SSSR count). The van der Waals surface area contributed by atoms with Crippen LogP contribution in [0, 0.1) is 25.5 Å². The minimum atomic E-state index is -5.02. The third-order valence-electron chi connectivity index (χ3n) is 12.7. The zero-order chi connectivity index (χ0) is 56.8. The van der Waals surface area contributed by atoms with Gasteiger partial charge in [0, 0.05) is 52.4 Å². The van der Waals surface area contributed by atoms with Crippen LogP contribution in [0.1, 0.15) is 93.4 Å². The van der Waals surface area contributed by atoms with Crippen LogP contribution in [-0.4, -0.2) is 97.3 Å². The van der Waals surface area contributed by atoms with Crippen LogP contribution in [0.25, 0.3) is 0 Å². The van der Waals surface area contributed by atoms with Gasteiger partial charge in [-0.3, -0.25) is 0 Å². The zero-order valence-corrected chi connectivity index (χ0v) is 41.4. The highest BCUT2D eigenvalue weighted by Crippen LogP contribution is 2.40. The maximum absolute atomic E-state index is 13.7. The number of urea groups is 2. The van der Waals surface area contributed by atoms with Gasteiger partial charge in [-0.2, -0.15) is 52.7 Å². The highest BCUT2D eigenvalue weighted by molar-refractivity contribution is 5.76. The Bertz CT molecular complexity index is 2490. The maximum Gasteiger partial charge on any atom is 0.416 e. The molecule has 76 heavy (non-hydrogen) atoms. The lowest BCUT2D eigenvalue weighted by Crippen LogP contribution is -2.51. The molecule has 0 aromatic heterocycles. The van der Waals surface area contributed by atoms with Crippen LogP contribution < -0.4 is 10.6 Å². The van der Waals surface area contributed by atoms with Crippen molar-refractivity contribution in [2.24, 2.45) is 0 Å². The number of piperidine rings is 2. The third kappa shape index (κ3) is 15.5. The number of carbonyl (C=O) groups excluding carboxylic acids is 4. The molecule has 2 N–H and O–H groups in total. The van der Waals surface area contributed by atoms with Crippen molar-refractivity contribution >= 4 is 24.2 Å². The monoisotopic (exact) mass is 1100 g/mol. The summed E-state index contributed by atoms with van der Waals surface area (Å²) in [4.78, 5) is 55.2. The van der Waals surface area contributed by atoms with Crippen molar-refractivity contribution in [2.45, 2.75) is 101 Å². The number of nitrogens with zero attached hydrogens (tertiary/aromatic N) is 4. The molecular formula is C50H52F14N6O6. The van der Waals surface area contributed by atoms with Crippen LogP contribution >= 0.6 is 0 Å². The Morgan fingerprint density at radius 1 is 0.526 bits per heavy atom. The molecule has 4 aromatic rings. The van der Waals surface area contributed by atoms with Crippen molar-refractivity contribution in [3.63, 3.8) is 0 Å². The molecule has 2 saturated heterocycles. The summed E-state index contributed by atoms with van der Waals surface area (Å²) in [5.41, 5.74) is -4.36. The second-order valence-corrected chi connectivity index (χ2v) is 18.2. The smallest absolute Gasteiger partial charge is 0.416 e. The highest BCUT2D eigenvalue weighted by Gasteiger charge is 2.41. The minimum Gasteiger partial charge on any atom is -0.453 e. The number of likely N-dealkylation sites (tertiary alicyclic amines) is 2. The molecule has 4 aromatic carbocycles. The average Bonchev–Trinajstić information content (AvgIpc) is 3.32. The predicted octanol–water partition coefficient (Wildman–Crippen LogP) is 12.6. The van der Waals surface area contributed by atoms with E-state index in [0.717, 1.165) is 9.80 Å². The van der Waals surface area contributed by atoms with Gasteiger partial charge in [0.05, 0.1) is 48.6 Å². The van der Waals surface area contributed by atoms with E-state index in [1.165, 1.54) is 74.5 Å². The number of hydrogen-bond donors (Lipinski definition) is 2. The van der Waals surface area contributed by atoms with E-state index in [1.54, 1.807) is 13.8 Å². The quantitative estimate of drug-likeness (QED) is 0.169. The van der Waals surface area contributed by atoms with Gasteiger partial charge >= 0.3 is 49.0 Å². The van der Waals surface area contributed by atoms with E-state index >= 15 is 0 Å². The standard InChI is InChI=1S/2C25H26F7N3O3/c2*1-14-8-18(26)4-5-20(14)21-12-19(33-22(36)38-3)6-7-35(21)23(37)34(2)13-15-9-16(24(27,28)29)11-17(10-15)25(30,31)32/h2*4-5,8-11,19,21H,6-7,12-13H2,1-3H3,(H,33,36)/t2*19-,21+/m10/s1. The Morgan fingerprint density at radius 3 is 1.09 bits per heavy atom. The van der Waals surface area contributed by atoms with Gasteiger partial charge < -0.3 is 39.7 Å². The normalized spacial score (nSPS) is 18.2. The van der Waals surface area contributed by atoms with E-state index in [4.69, 9.17) is 0 Å². The molecule has 4 atom stereocenters. The van der Waals surface area contributed by atoms with Crippen molar-refractivity contribution in [3.8, 4) is 0 Å². The Morgan fingerprint density at radius 2 is 0.829 bits per heavy atom. The summed E-state index contributed by atoms with van der Waals surface area (Å²) in [6.07, 6.45) is -20.3. The van der Waals surface area contributed by atoms with Gasteiger partial charge in [0.1, 0.15) is 11.6 Å². The van der Waals surface area contributed by atoms with Crippen LogP contribution in [0.2, 0.25) is 0 Å². The van der Waals surface area contributed by atoms with Gasteiger partial charge in [-0.1, -0.05) is 12.1 Å². The van der Waals surface area contributed by atoms with E-state index in [2.05, 4.69) is 20.1 Å². The molecule has 2 fully saturated rings. The van der Waals surface area contributed by atoms with E-state index in [9.17, 15) is 80.6 Å². The molecule has 0 unspecified atom stereocenters. The first-order chi connectivity index (χ1) is 35.2. The molecule has 0 bridgehead atoms. The van der Waals surface area contributed by atoms with Gasteiger partial charge in [0.2, 0.25) is 0 Å². The first-order valence-electron chi connectivity index (χ1n) is 23.0. The molecule has 0 spiro atoms. The number of nitrogens with one attached hydrogen (secondary N) is 2. The predicted molar refractivity (Wildman–Crippen MR) is 245 cm³/mol. The maximum atomic E-state index is 13.7. The fourth-order valence-corrected chi connectivity index (χ4v) is 9.06. The summed E-state index contributed by atoms with van der Waals surface area (Å²) in [7, 11) is 4.93. The summed E-state index contributed by atoms with van der Waals surface area (Å²) in [5.74, 6) is -0.988. The van der Waals surface area contributed by atoms with Crippen LogP contribution in [0.5, 0.6) is 0 Å². The second kappa shape index (κ2) is 23.9. The largest absolute Gasteiger partial charge is 0.453 e. The molecule has 6 amide bonds. The topological polar surface area (TPSA) is 124 Å². The molecule has 0 radical (unpaired) electrons. The number of amides is 6. The molecule has 2 aliphatic heterocycles. The third-order valence-corrected chi connectivity index (χ3v) is 12.7. The zero-order valence-electron chi connectivity index (χ0n) is 41.4. The van der Waals surface area contributed by atoms with E-state index in [-0.39, 0.29) is 49.2 Å². The fraction of sp³-hybridized carbons (Fsp3) is 0.440. The summed E-state index contributed by atoms with van der Waals surface area (Å²) >= 11 is 0. The van der Waals surface area contributed by atoms with E-state index in [1.807, 2.05) is 0 Å². The molecule has 416 valence electrons. The first kappa shape index (κ1) is 59.9. The Kier molecular flexibility index (Phi) is 18.8. The van der Waals surface area contributed by atoms with Crippen LogP contribution in [0.15, 0.2) is 72.8 Å². The molecule has 12 nitrogen and oxygen atoms in total. The molecule has 0 saturated carbocycles. The SMILES string of the molecule is COC(=O)N[C@@H]1CCN(C(=O)N(C)Cc2cc(C(F)(F)F)cc(C(F)(F)F)c2)[C@H](c2ccc(F)cc2C)C1.COC(=O)N[C@H]1CCN(C(=O)N(C)Cc2cc(C(F)(F)F)cc(C(F)(F)F)c2)[C@@H](c2ccc(F)cc2C)C1. The Labute approximate surface area is 426 Å². The van der Waals surface area contributed by atoms with Crippen molar-refractivity contribution < 1.29 is 90.1 Å². The number of ether oxygens (including phenoxy) is 2. The van der Waals surface area contributed by atoms with Crippen molar-refractivity contribution in [1.82, 2.24) is 30.2 Å². The molecule has 0 aliphatic carbocycles. The average molecular weight is 1100 g/mol. The summed E-state index contributed by atoms with van der Waals surface area (Å²) in [6, 6.07) is 6.92. The van der Waals surface area contributed by atoms with Gasteiger partial charge in [-0.05, 0) is 134 Å².